The van der Waals surface area contributed by atoms with E-state index in [9.17, 15) is 13.2 Å². The molecule has 2 aliphatic heterocycles. The zero-order valence-corrected chi connectivity index (χ0v) is 18.5. The summed E-state index contributed by atoms with van der Waals surface area (Å²) in [6.45, 7) is 4.66. The number of anilines is 2. The number of hydrogen-bond donors (Lipinski definition) is 0. The molecular weight excluding hydrogens is 436 g/mol. The van der Waals surface area contributed by atoms with Gasteiger partial charge in [0, 0.05) is 52.4 Å². The van der Waals surface area contributed by atoms with Crippen LogP contribution < -0.4 is 15.6 Å². The van der Waals surface area contributed by atoms with Gasteiger partial charge in [-0.05, 0) is 18.2 Å². The summed E-state index contributed by atoms with van der Waals surface area (Å²) >= 11 is 0. The Morgan fingerprint density at radius 1 is 0.969 bits per heavy atom. The topological polar surface area (TPSA) is 114 Å². The zero-order valence-electron chi connectivity index (χ0n) is 17.7. The maximum absolute atomic E-state index is 13.2. The first kappa shape index (κ1) is 20.9. The maximum Gasteiger partial charge on any atom is 0.419 e. The predicted molar refractivity (Wildman–Crippen MR) is 117 cm³/mol. The minimum absolute atomic E-state index is 0.143. The van der Waals surface area contributed by atoms with E-state index >= 15 is 0 Å². The van der Waals surface area contributed by atoms with Gasteiger partial charge in [0.05, 0.1) is 35.5 Å². The van der Waals surface area contributed by atoms with Gasteiger partial charge in [0.1, 0.15) is 0 Å². The molecule has 0 saturated carbocycles. The van der Waals surface area contributed by atoms with Gasteiger partial charge in [0.25, 0.3) is 0 Å². The molecule has 0 aliphatic carbocycles. The van der Waals surface area contributed by atoms with E-state index in [0.717, 1.165) is 24.6 Å². The molecule has 12 heteroatoms. The summed E-state index contributed by atoms with van der Waals surface area (Å²) in [6.07, 6.45) is 1.74. The highest BCUT2D eigenvalue weighted by Gasteiger charge is 2.30. The second-order valence-corrected chi connectivity index (χ2v) is 9.76. The number of benzene rings is 1. The fraction of sp³-hybridized carbons (Fsp3) is 0.450. The largest absolute Gasteiger partial charge is 0.419 e. The summed E-state index contributed by atoms with van der Waals surface area (Å²) < 4.78 is 39.7. The third kappa shape index (κ3) is 3.74. The molecule has 170 valence electrons. The highest BCUT2D eigenvalue weighted by molar-refractivity contribution is 7.89. The van der Waals surface area contributed by atoms with Gasteiger partial charge in [-0.1, -0.05) is 0 Å². The van der Waals surface area contributed by atoms with Crippen LogP contribution in [0.25, 0.3) is 11.1 Å². The lowest BCUT2D eigenvalue weighted by Gasteiger charge is -2.35. The average Bonchev–Trinajstić information content (AvgIpc) is 3.12. The fourth-order valence-electron chi connectivity index (χ4n) is 4.07. The molecule has 0 unspecified atom stereocenters. The van der Waals surface area contributed by atoms with E-state index < -0.39 is 15.8 Å². The average molecular weight is 461 g/mol. The summed E-state index contributed by atoms with van der Waals surface area (Å²) in [6, 6.07) is 6.48. The molecule has 2 saturated heterocycles. The number of nitrogens with zero attached hydrogens (tertiary/aromatic N) is 6. The normalized spacial score (nSPS) is 18.4. The monoisotopic (exact) mass is 460 g/mol. The Kier molecular flexibility index (Phi) is 5.35. The molecule has 5 rings (SSSR count). The number of ether oxygens (including phenoxy) is 1. The van der Waals surface area contributed by atoms with Gasteiger partial charge in [-0.3, -0.25) is 4.57 Å². The Morgan fingerprint density at radius 2 is 1.72 bits per heavy atom. The van der Waals surface area contributed by atoms with Gasteiger partial charge in [-0.25, -0.2) is 13.2 Å². The SMILES string of the molecule is Cn1c(=O)oc2ccc(S(=O)(=O)N3CCN(c4cc(N5CCOCC5)cnn4)CC3)cc21. The van der Waals surface area contributed by atoms with Crippen LogP contribution in [0.4, 0.5) is 11.5 Å². The minimum Gasteiger partial charge on any atom is -0.408 e. The number of morpholine rings is 1. The number of rotatable bonds is 4. The van der Waals surface area contributed by atoms with Crippen molar-refractivity contribution in [3.05, 3.63) is 41.0 Å². The molecule has 0 amide bonds. The lowest BCUT2D eigenvalue weighted by atomic mass is 10.3. The molecule has 0 spiro atoms. The second-order valence-electron chi connectivity index (χ2n) is 7.82. The smallest absolute Gasteiger partial charge is 0.408 e. The molecule has 0 radical (unpaired) electrons. The van der Waals surface area contributed by atoms with Crippen molar-refractivity contribution in [3.63, 3.8) is 0 Å². The fourth-order valence-corrected chi connectivity index (χ4v) is 5.51. The number of fused-ring (bicyclic) bond motifs is 1. The minimum atomic E-state index is -3.70. The quantitative estimate of drug-likeness (QED) is 0.541. The lowest BCUT2D eigenvalue weighted by molar-refractivity contribution is 0.122. The zero-order chi connectivity index (χ0) is 22.3. The number of oxazole rings is 1. The summed E-state index contributed by atoms with van der Waals surface area (Å²) in [5.74, 6) is 0.212. The van der Waals surface area contributed by atoms with Crippen molar-refractivity contribution in [1.82, 2.24) is 19.1 Å². The molecule has 2 aromatic heterocycles. The third-order valence-corrected chi connectivity index (χ3v) is 7.86. The highest BCUT2D eigenvalue weighted by atomic mass is 32.2. The summed E-state index contributed by atoms with van der Waals surface area (Å²) in [7, 11) is -2.15. The molecule has 2 aliphatic rings. The van der Waals surface area contributed by atoms with Crippen LogP contribution in [0.1, 0.15) is 0 Å². The van der Waals surface area contributed by atoms with Crippen LogP contribution >= 0.6 is 0 Å². The van der Waals surface area contributed by atoms with Crippen LogP contribution in [0.15, 0.2) is 44.6 Å². The molecule has 1 aromatic carbocycles. The Hall–Kier alpha value is -2.96. The molecule has 11 nitrogen and oxygen atoms in total. The van der Waals surface area contributed by atoms with Gasteiger partial charge in [0.15, 0.2) is 11.4 Å². The van der Waals surface area contributed by atoms with Crippen molar-refractivity contribution in [2.75, 3.05) is 62.3 Å². The van der Waals surface area contributed by atoms with E-state index in [-0.39, 0.29) is 4.90 Å². The van der Waals surface area contributed by atoms with Crippen LogP contribution in [0.3, 0.4) is 0 Å². The van der Waals surface area contributed by atoms with Crippen molar-refractivity contribution in [3.8, 4) is 0 Å². The van der Waals surface area contributed by atoms with Gasteiger partial charge in [-0.2, -0.15) is 9.40 Å². The Morgan fingerprint density at radius 3 is 2.47 bits per heavy atom. The van der Waals surface area contributed by atoms with Crippen molar-refractivity contribution >= 4 is 32.6 Å². The number of aryl methyl sites for hydroxylation is 1. The van der Waals surface area contributed by atoms with E-state index in [1.165, 1.54) is 27.1 Å². The highest BCUT2D eigenvalue weighted by Crippen LogP contribution is 2.25. The summed E-state index contributed by atoms with van der Waals surface area (Å²) in [5.41, 5.74) is 1.80. The van der Waals surface area contributed by atoms with E-state index in [1.807, 2.05) is 11.0 Å². The first-order chi connectivity index (χ1) is 15.4. The number of aromatic nitrogens is 3. The van der Waals surface area contributed by atoms with Crippen molar-refractivity contribution in [2.45, 2.75) is 4.90 Å². The Labute approximate surface area is 184 Å². The molecule has 0 N–H and O–H groups in total. The summed E-state index contributed by atoms with van der Waals surface area (Å²) in [5, 5.41) is 8.40. The van der Waals surface area contributed by atoms with Gasteiger partial charge in [0.2, 0.25) is 10.0 Å². The van der Waals surface area contributed by atoms with E-state index in [2.05, 4.69) is 15.1 Å². The van der Waals surface area contributed by atoms with Crippen LogP contribution in [-0.2, 0) is 21.8 Å². The van der Waals surface area contributed by atoms with E-state index in [1.54, 1.807) is 13.2 Å². The molecule has 32 heavy (non-hydrogen) atoms. The Bertz CT molecular complexity index is 1290. The number of piperazine rings is 1. The van der Waals surface area contributed by atoms with E-state index in [0.29, 0.717) is 50.5 Å². The van der Waals surface area contributed by atoms with Crippen molar-refractivity contribution < 1.29 is 17.6 Å². The van der Waals surface area contributed by atoms with Crippen molar-refractivity contribution in [1.29, 1.82) is 0 Å². The Balaban J connectivity index is 1.31. The first-order valence-electron chi connectivity index (χ1n) is 10.4. The van der Waals surface area contributed by atoms with Crippen molar-refractivity contribution in [2.24, 2.45) is 7.05 Å². The first-order valence-corrected chi connectivity index (χ1v) is 11.9. The molecule has 0 atom stereocenters. The number of hydrogen-bond acceptors (Lipinski definition) is 9. The molecule has 4 heterocycles. The molecule has 0 bridgehead atoms. The second kappa shape index (κ2) is 8.19. The van der Waals surface area contributed by atoms with Crippen LogP contribution in [0, 0.1) is 0 Å². The molecular formula is C20H24N6O5S. The van der Waals surface area contributed by atoms with Crippen LogP contribution in [0.5, 0.6) is 0 Å². The van der Waals surface area contributed by atoms with Gasteiger partial charge < -0.3 is 19.0 Å². The van der Waals surface area contributed by atoms with E-state index in [4.69, 9.17) is 9.15 Å². The van der Waals surface area contributed by atoms with Gasteiger partial charge >= 0.3 is 5.76 Å². The molecule has 2 fully saturated rings. The number of sulfonamides is 1. The lowest BCUT2D eigenvalue weighted by Crippen LogP contribution is -2.49. The van der Waals surface area contributed by atoms with Crippen LogP contribution in [-0.4, -0.2) is 80.0 Å². The van der Waals surface area contributed by atoms with Gasteiger partial charge in [-0.15, -0.1) is 5.10 Å². The standard InChI is InChI=1S/C20H24N6O5S/c1-23-17-13-16(2-3-18(17)31-20(23)27)32(28,29)26-6-4-25(5-7-26)19-12-15(14-21-22-19)24-8-10-30-11-9-24/h2-3,12-14H,4-11H2,1H3. The maximum atomic E-state index is 13.2. The predicted octanol–water partition coefficient (Wildman–Crippen LogP) is 0.269. The summed E-state index contributed by atoms with van der Waals surface area (Å²) in [4.78, 5) is 16.1. The molecule has 3 aromatic rings. The third-order valence-electron chi connectivity index (χ3n) is 5.97. The van der Waals surface area contributed by atoms with Crippen LogP contribution in [0.2, 0.25) is 0 Å².